The highest BCUT2D eigenvalue weighted by Crippen LogP contribution is 2.30. The van der Waals surface area contributed by atoms with E-state index in [1.165, 1.54) is 22.3 Å². The first-order valence-corrected chi connectivity index (χ1v) is 10.1. The van der Waals surface area contributed by atoms with Crippen LogP contribution in [0.15, 0.2) is 48.1 Å². The molecule has 10 nitrogen and oxygen atoms in total. The molecule has 2 aromatic heterocycles. The zero-order chi connectivity index (χ0) is 21.3. The summed E-state index contributed by atoms with van der Waals surface area (Å²) in [5, 5.41) is 18.5. The van der Waals surface area contributed by atoms with Gasteiger partial charge in [-0.15, -0.1) is 16.4 Å². The van der Waals surface area contributed by atoms with E-state index in [1.807, 2.05) is 24.4 Å². The molecular formula is C19H19N7O3S. The van der Waals surface area contributed by atoms with E-state index in [2.05, 4.69) is 26.2 Å². The summed E-state index contributed by atoms with van der Waals surface area (Å²) < 4.78 is 1.45. The molecule has 1 aliphatic rings. The molecular weight excluding hydrogens is 406 g/mol. The molecule has 0 unspecified atom stereocenters. The summed E-state index contributed by atoms with van der Waals surface area (Å²) in [5.74, 6) is -0.911. The Labute approximate surface area is 175 Å². The second-order valence-electron chi connectivity index (χ2n) is 7.06. The van der Waals surface area contributed by atoms with Gasteiger partial charge in [-0.3, -0.25) is 14.5 Å². The van der Waals surface area contributed by atoms with Crippen molar-refractivity contribution in [1.82, 2.24) is 35.7 Å². The first-order chi connectivity index (χ1) is 14.4. The maximum atomic E-state index is 13.1. The molecule has 4 amide bonds. The Hall–Kier alpha value is -3.60. The van der Waals surface area contributed by atoms with Gasteiger partial charge in [-0.25, -0.2) is 9.48 Å². The molecule has 154 valence electrons. The molecule has 2 N–H and O–H groups in total. The van der Waals surface area contributed by atoms with Crippen molar-refractivity contribution in [3.63, 3.8) is 0 Å². The minimum Gasteiger partial charge on any atom is -0.347 e. The number of imide groups is 1. The standard InChI is InChI=1S/C19H19N7O3S/c1-12(15-7-4-8-30-15)21-16(27)10-25-17(28)19(2,22-18(25)29)13-5-3-6-14(9-13)26-11-20-23-24-26/h3-9,11-12H,10H2,1-2H3,(H,21,27)(H,22,29)/t12-,19+/m1/s1. The molecule has 2 atom stereocenters. The lowest BCUT2D eigenvalue weighted by molar-refractivity contribution is -0.135. The molecule has 4 rings (SSSR count). The summed E-state index contributed by atoms with van der Waals surface area (Å²) >= 11 is 1.52. The number of thiophene rings is 1. The van der Waals surface area contributed by atoms with Crippen LogP contribution >= 0.6 is 11.3 Å². The Morgan fingerprint density at radius 1 is 1.30 bits per heavy atom. The molecule has 30 heavy (non-hydrogen) atoms. The van der Waals surface area contributed by atoms with Crippen LogP contribution in [-0.4, -0.2) is 49.5 Å². The minimum absolute atomic E-state index is 0.211. The van der Waals surface area contributed by atoms with Crippen molar-refractivity contribution in [1.29, 1.82) is 0 Å². The Bertz CT molecular complexity index is 1080. The zero-order valence-corrected chi connectivity index (χ0v) is 17.1. The van der Waals surface area contributed by atoms with Crippen LogP contribution in [0.1, 0.15) is 30.3 Å². The van der Waals surface area contributed by atoms with Crippen molar-refractivity contribution in [2.45, 2.75) is 25.4 Å². The van der Waals surface area contributed by atoms with Crippen LogP contribution in [0.3, 0.4) is 0 Å². The quantitative estimate of drug-likeness (QED) is 0.575. The lowest BCUT2D eigenvalue weighted by Crippen LogP contribution is -2.43. The molecule has 11 heteroatoms. The molecule has 0 radical (unpaired) electrons. The van der Waals surface area contributed by atoms with E-state index in [0.29, 0.717) is 11.3 Å². The van der Waals surface area contributed by atoms with Gasteiger partial charge in [0.25, 0.3) is 5.91 Å². The topological polar surface area (TPSA) is 122 Å². The molecule has 3 heterocycles. The SMILES string of the molecule is C[C@@H](NC(=O)CN1C(=O)N[C@@](C)(c2cccc(-n3cnnn3)c2)C1=O)c1cccs1. The van der Waals surface area contributed by atoms with Crippen molar-refractivity contribution in [3.05, 3.63) is 58.5 Å². The fourth-order valence-corrected chi connectivity index (χ4v) is 4.05. The van der Waals surface area contributed by atoms with Crippen molar-refractivity contribution in [3.8, 4) is 5.69 Å². The molecule has 0 saturated carbocycles. The molecule has 0 spiro atoms. The van der Waals surface area contributed by atoms with E-state index >= 15 is 0 Å². The highest BCUT2D eigenvalue weighted by Gasteiger charge is 2.49. The van der Waals surface area contributed by atoms with Crippen molar-refractivity contribution in [2.24, 2.45) is 0 Å². The monoisotopic (exact) mass is 425 g/mol. The molecule has 1 saturated heterocycles. The number of carbonyl (C=O) groups is 3. The van der Waals surface area contributed by atoms with E-state index < -0.39 is 23.4 Å². The highest BCUT2D eigenvalue weighted by atomic mass is 32.1. The van der Waals surface area contributed by atoms with Gasteiger partial charge in [0.15, 0.2) is 0 Å². The van der Waals surface area contributed by atoms with Gasteiger partial charge in [0.2, 0.25) is 5.91 Å². The average molecular weight is 425 g/mol. The molecule has 1 aromatic carbocycles. The van der Waals surface area contributed by atoms with Crippen molar-refractivity contribution in [2.75, 3.05) is 6.54 Å². The summed E-state index contributed by atoms with van der Waals surface area (Å²) in [5.41, 5.74) is -0.105. The second-order valence-corrected chi connectivity index (χ2v) is 8.04. The Kier molecular flexibility index (Phi) is 5.04. The van der Waals surface area contributed by atoms with Crippen LogP contribution in [0.4, 0.5) is 4.79 Å². The van der Waals surface area contributed by atoms with Crippen molar-refractivity contribution < 1.29 is 14.4 Å². The van der Waals surface area contributed by atoms with E-state index in [1.54, 1.807) is 31.2 Å². The molecule has 3 aromatic rings. The summed E-state index contributed by atoms with van der Waals surface area (Å²) in [6, 6.07) is 9.96. The normalized spacial score (nSPS) is 19.6. The van der Waals surface area contributed by atoms with Gasteiger partial charge < -0.3 is 10.6 Å². The van der Waals surface area contributed by atoms with E-state index in [9.17, 15) is 14.4 Å². The Morgan fingerprint density at radius 2 is 2.13 bits per heavy atom. The van der Waals surface area contributed by atoms with Gasteiger partial charge in [0.1, 0.15) is 18.4 Å². The van der Waals surface area contributed by atoms with Crippen molar-refractivity contribution >= 4 is 29.2 Å². The summed E-state index contributed by atoms with van der Waals surface area (Å²) in [6.07, 6.45) is 1.43. The van der Waals surface area contributed by atoms with Crippen LogP contribution < -0.4 is 10.6 Å². The first-order valence-electron chi connectivity index (χ1n) is 9.19. The van der Waals surface area contributed by atoms with Gasteiger partial charge in [0.05, 0.1) is 11.7 Å². The zero-order valence-electron chi connectivity index (χ0n) is 16.3. The van der Waals surface area contributed by atoms with Crippen LogP contribution in [0.25, 0.3) is 5.69 Å². The number of benzene rings is 1. The lowest BCUT2D eigenvalue weighted by Gasteiger charge is -2.23. The number of aromatic nitrogens is 4. The Balaban J connectivity index is 1.51. The second kappa shape index (κ2) is 7.67. The fraction of sp³-hybridized carbons (Fsp3) is 0.263. The van der Waals surface area contributed by atoms with Crippen LogP contribution in [-0.2, 0) is 15.1 Å². The number of nitrogens with one attached hydrogen (secondary N) is 2. The minimum atomic E-state index is -1.30. The molecule has 1 aliphatic heterocycles. The number of hydrogen-bond acceptors (Lipinski definition) is 7. The van der Waals surface area contributed by atoms with Gasteiger partial charge in [0, 0.05) is 4.88 Å². The number of carbonyl (C=O) groups excluding carboxylic acids is 3. The van der Waals surface area contributed by atoms with E-state index in [0.717, 1.165) is 9.78 Å². The lowest BCUT2D eigenvalue weighted by atomic mass is 9.91. The molecule has 0 bridgehead atoms. The summed E-state index contributed by atoms with van der Waals surface area (Å²) in [7, 11) is 0. The maximum Gasteiger partial charge on any atom is 0.325 e. The van der Waals surface area contributed by atoms with E-state index in [-0.39, 0.29) is 12.6 Å². The average Bonchev–Trinajstić information content (AvgIpc) is 3.48. The largest absolute Gasteiger partial charge is 0.347 e. The van der Waals surface area contributed by atoms with Crippen LogP contribution in [0.5, 0.6) is 0 Å². The Morgan fingerprint density at radius 3 is 2.83 bits per heavy atom. The number of tetrazole rings is 1. The first kappa shape index (κ1) is 19.7. The smallest absolute Gasteiger partial charge is 0.325 e. The van der Waals surface area contributed by atoms with Crippen LogP contribution in [0, 0.1) is 0 Å². The maximum absolute atomic E-state index is 13.1. The number of nitrogens with zero attached hydrogens (tertiary/aromatic N) is 5. The highest BCUT2D eigenvalue weighted by molar-refractivity contribution is 7.10. The number of urea groups is 1. The third-order valence-electron chi connectivity index (χ3n) is 4.96. The summed E-state index contributed by atoms with van der Waals surface area (Å²) in [4.78, 5) is 40.0. The number of amides is 4. The van der Waals surface area contributed by atoms with Gasteiger partial charge in [-0.2, -0.15) is 0 Å². The molecule has 0 aliphatic carbocycles. The predicted octanol–water partition coefficient (Wildman–Crippen LogP) is 1.37. The number of hydrogen-bond donors (Lipinski definition) is 2. The van der Waals surface area contributed by atoms with Gasteiger partial charge in [-0.05, 0) is 53.4 Å². The van der Waals surface area contributed by atoms with Gasteiger partial charge >= 0.3 is 6.03 Å². The molecule has 1 fully saturated rings. The van der Waals surface area contributed by atoms with Crippen LogP contribution in [0.2, 0.25) is 0 Å². The van der Waals surface area contributed by atoms with Gasteiger partial charge in [-0.1, -0.05) is 18.2 Å². The predicted molar refractivity (Wildman–Crippen MR) is 108 cm³/mol. The fourth-order valence-electron chi connectivity index (χ4n) is 3.31. The summed E-state index contributed by atoms with van der Waals surface area (Å²) in [6.45, 7) is 3.10. The third kappa shape index (κ3) is 3.54. The number of rotatable bonds is 6. The third-order valence-corrected chi connectivity index (χ3v) is 6.02. The van der Waals surface area contributed by atoms with E-state index in [4.69, 9.17) is 0 Å².